The van der Waals surface area contributed by atoms with Gasteiger partial charge in [0.1, 0.15) is 13.2 Å². The van der Waals surface area contributed by atoms with Crippen LogP contribution in [-0.4, -0.2) is 37.2 Å². The third kappa shape index (κ3) is 60.1. The van der Waals surface area contributed by atoms with Gasteiger partial charge < -0.3 is 14.2 Å². The van der Waals surface area contributed by atoms with E-state index in [0.717, 1.165) is 83.5 Å². The van der Waals surface area contributed by atoms with Crippen LogP contribution in [-0.2, 0) is 28.6 Å². The second kappa shape index (κ2) is 61.9. The molecule has 0 radical (unpaired) electrons. The van der Waals surface area contributed by atoms with Gasteiger partial charge in [-0.2, -0.15) is 0 Å². The van der Waals surface area contributed by atoms with Crippen LogP contribution in [0.1, 0.15) is 342 Å². The number of allylic oxidation sites excluding steroid dienone is 8. The molecular weight excluding hydrogens is 901 g/mol. The van der Waals surface area contributed by atoms with Gasteiger partial charge in [0.2, 0.25) is 0 Å². The van der Waals surface area contributed by atoms with Crippen molar-refractivity contribution in [2.24, 2.45) is 0 Å². The summed E-state index contributed by atoms with van der Waals surface area (Å²) in [5.41, 5.74) is 0. The van der Waals surface area contributed by atoms with Crippen molar-refractivity contribution >= 4 is 17.9 Å². The molecule has 0 spiro atoms. The molecule has 6 nitrogen and oxygen atoms in total. The van der Waals surface area contributed by atoms with Gasteiger partial charge >= 0.3 is 17.9 Å². The molecule has 0 amide bonds. The van der Waals surface area contributed by atoms with E-state index in [9.17, 15) is 14.4 Å². The van der Waals surface area contributed by atoms with Gasteiger partial charge in [0.05, 0.1) is 0 Å². The summed E-state index contributed by atoms with van der Waals surface area (Å²) in [5, 5.41) is 0. The number of hydrogen-bond acceptors (Lipinski definition) is 6. The second-order valence-corrected chi connectivity index (χ2v) is 21.7. The lowest BCUT2D eigenvalue weighted by atomic mass is 10.0. The molecule has 6 heteroatoms. The minimum Gasteiger partial charge on any atom is -0.462 e. The number of ether oxygens (including phenoxy) is 3. The molecule has 0 aliphatic heterocycles. The molecule has 0 aromatic rings. The quantitative estimate of drug-likeness (QED) is 0.0261. The van der Waals surface area contributed by atoms with E-state index in [1.807, 2.05) is 0 Å². The third-order valence-electron chi connectivity index (χ3n) is 14.3. The van der Waals surface area contributed by atoms with Crippen molar-refractivity contribution in [3.05, 3.63) is 48.6 Å². The number of esters is 3. The molecule has 73 heavy (non-hydrogen) atoms. The molecule has 0 saturated carbocycles. The topological polar surface area (TPSA) is 78.9 Å². The Morgan fingerprint density at radius 3 is 0.836 bits per heavy atom. The van der Waals surface area contributed by atoms with Crippen molar-refractivity contribution in [3.8, 4) is 0 Å². The van der Waals surface area contributed by atoms with Crippen LogP contribution in [0, 0.1) is 0 Å². The Bertz CT molecular complexity index is 1270. The maximum absolute atomic E-state index is 12.9. The van der Waals surface area contributed by atoms with Gasteiger partial charge in [-0.1, -0.05) is 294 Å². The molecule has 0 saturated heterocycles. The number of unbranched alkanes of at least 4 members (excludes halogenated alkanes) is 40. The van der Waals surface area contributed by atoms with Gasteiger partial charge in [-0.3, -0.25) is 14.4 Å². The van der Waals surface area contributed by atoms with E-state index in [2.05, 4.69) is 69.4 Å². The fraction of sp³-hybridized carbons (Fsp3) is 0.836. The van der Waals surface area contributed by atoms with Crippen molar-refractivity contribution in [3.63, 3.8) is 0 Å². The molecule has 1 unspecified atom stereocenters. The summed E-state index contributed by atoms with van der Waals surface area (Å²) in [7, 11) is 0. The van der Waals surface area contributed by atoms with E-state index < -0.39 is 6.10 Å². The first-order valence-electron chi connectivity index (χ1n) is 32.1. The summed E-state index contributed by atoms with van der Waals surface area (Å²) in [4.78, 5) is 38.2. The Morgan fingerprint density at radius 2 is 0.521 bits per heavy atom. The van der Waals surface area contributed by atoms with Gasteiger partial charge in [0.15, 0.2) is 6.10 Å². The summed E-state index contributed by atoms with van der Waals surface area (Å²) in [6, 6.07) is 0. The fourth-order valence-corrected chi connectivity index (χ4v) is 9.46. The summed E-state index contributed by atoms with van der Waals surface area (Å²) < 4.78 is 16.9. The van der Waals surface area contributed by atoms with E-state index >= 15 is 0 Å². The summed E-state index contributed by atoms with van der Waals surface area (Å²) in [6.45, 7) is 6.61. The number of rotatable bonds is 59. The van der Waals surface area contributed by atoms with Crippen LogP contribution in [0.3, 0.4) is 0 Å². The largest absolute Gasteiger partial charge is 0.462 e. The minimum atomic E-state index is -0.776. The summed E-state index contributed by atoms with van der Waals surface area (Å²) in [5.74, 6) is -0.869. The number of hydrogen-bond donors (Lipinski definition) is 0. The zero-order chi connectivity index (χ0) is 52.9. The SMILES string of the molecule is CCC/C=C\CCCCCCCC(=O)OCC(COC(=O)CCCCCCCCCCCC/C=C\C/C=C\C/C=C\CCCCCCC)OC(=O)CCCCCCCCCCCCCCCCCCCCCC. The lowest BCUT2D eigenvalue weighted by Crippen LogP contribution is -2.30. The van der Waals surface area contributed by atoms with Gasteiger partial charge in [0, 0.05) is 19.3 Å². The summed E-state index contributed by atoms with van der Waals surface area (Å²) >= 11 is 0. The molecule has 0 aliphatic rings. The Morgan fingerprint density at radius 1 is 0.274 bits per heavy atom. The van der Waals surface area contributed by atoms with E-state index in [4.69, 9.17) is 14.2 Å². The van der Waals surface area contributed by atoms with E-state index in [1.54, 1.807) is 0 Å². The smallest absolute Gasteiger partial charge is 0.306 e. The molecule has 0 aromatic carbocycles. The maximum atomic E-state index is 12.9. The predicted molar refractivity (Wildman–Crippen MR) is 316 cm³/mol. The molecule has 0 rings (SSSR count). The highest BCUT2D eigenvalue weighted by atomic mass is 16.6. The van der Waals surface area contributed by atoms with Crippen LogP contribution in [0.5, 0.6) is 0 Å². The average molecular weight is 1020 g/mol. The van der Waals surface area contributed by atoms with Gasteiger partial charge in [-0.05, 0) is 77.0 Å². The molecule has 0 bridgehead atoms. The van der Waals surface area contributed by atoms with Crippen LogP contribution >= 0.6 is 0 Å². The zero-order valence-electron chi connectivity index (χ0n) is 48.9. The highest BCUT2D eigenvalue weighted by molar-refractivity contribution is 5.71. The highest BCUT2D eigenvalue weighted by Gasteiger charge is 2.19. The molecule has 0 fully saturated rings. The Kier molecular flexibility index (Phi) is 59.7. The third-order valence-corrected chi connectivity index (χ3v) is 14.3. The standard InChI is InChI=1S/C67H122O6/c1-4-7-10-13-16-19-22-24-26-28-30-32-33-34-35-36-38-39-41-43-45-48-51-54-57-60-66(69)72-63-64(62-71-65(68)59-56-53-50-47-21-18-15-12-9-6-3)73-67(70)61-58-55-52-49-46-44-42-40-37-31-29-27-25-23-20-17-14-11-8-5-2/h12,15,22,24,28,30,33-34,64H,4-11,13-14,16-21,23,25-27,29,31-32,35-63H2,1-3H3/b15-12-,24-22-,30-28-,34-33-. The molecule has 0 N–H and O–H groups in total. The Hall–Kier alpha value is -2.63. The van der Waals surface area contributed by atoms with Crippen molar-refractivity contribution in [1.82, 2.24) is 0 Å². The van der Waals surface area contributed by atoms with Crippen LogP contribution in [0.25, 0.3) is 0 Å². The molecular formula is C67H122O6. The molecule has 0 aromatic heterocycles. The predicted octanol–water partition coefficient (Wildman–Crippen LogP) is 21.8. The van der Waals surface area contributed by atoms with Crippen LogP contribution in [0.2, 0.25) is 0 Å². The zero-order valence-corrected chi connectivity index (χ0v) is 48.9. The van der Waals surface area contributed by atoms with Crippen molar-refractivity contribution in [2.45, 2.75) is 348 Å². The van der Waals surface area contributed by atoms with Gasteiger partial charge in [0.25, 0.3) is 0 Å². The van der Waals surface area contributed by atoms with Crippen LogP contribution in [0.4, 0.5) is 0 Å². The van der Waals surface area contributed by atoms with Crippen molar-refractivity contribution in [1.29, 1.82) is 0 Å². The Balaban J connectivity index is 4.21. The monoisotopic (exact) mass is 1020 g/mol. The van der Waals surface area contributed by atoms with Crippen LogP contribution < -0.4 is 0 Å². The molecule has 1 atom stereocenters. The molecule has 0 aliphatic carbocycles. The van der Waals surface area contributed by atoms with Gasteiger partial charge in [-0.25, -0.2) is 0 Å². The van der Waals surface area contributed by atoms with Gasteiger partial charge in [-0.15, -0.1) is 0 Å². The Labute approximate surface area is 454 Å². The molecule has 0 heterocycles. The first-order valence-corrected chi connectivity index (χ1v) is 32.1. The van der Waals surface area contributed by atoms with E-state index in [-0.39, 0.29) is 31.1 Å². The molecule has 426 valence electrons. The highest BCUT2D eigenvalue weighted by Crippen LogP contribution is 2.17. The average Bonchev–Trinajstić information content (AvgIpc) is 3.39. The first kappa shape index (κ1) is 70.4. The first-order chi connectivity index (χ1) is 36.0. The number of carbonyl (C=O) groups excluding carboxylic acids is 3. The summed E-state index contributed by atoms with van der Waals surface area (Å²) in [6.07, 6.45) is 77.0. The second-order valence-electron chi connectivity index (χ2n) is 21.7. The lowest BCUT2D eigenvalue weighted by Gasteiger charge is -2.18. The number of carbonyl (C=O) groups is 3. The van der Waals surface area contributed by atoms with E-state index in [0.29, 0.717) is 19.3 Å². The lowest BCUT2D eigenvalue weighted by molar-refractivity contribution is -0.167. The maximum Gasteiger partial charge on any atom is 0.306 e. The van der Waals surface area contributed by atoms with E-state index in [1.165, 1.54) is 218 Å². The minimum absolute atomic E-state index is 0.0745. The van der Waals surface area contributed by atoms with Crippen molar-refractivity contribution in [2.75, 3.05) is 13.2 Å². The fourth-order valence-electron chi connectivity index (χ4n) is 9.46. The van der Waals surface area contributed by atoms with Crippen molar-refractivity contribution < 1.29 is 28.6 Å². The van der Waals surface area contributed by atoms with Crippen LogP contribution in [0.15, 0.2) is 48.6 Å². The normalized spacial score (nSPS) is 12.3.